The van der Waals surface area contributed by atoms with Gasteiger partial charge in [0.2, 0.25) is 13.7 Å². The minimum Gasteiger partial charge on any atom is -0.293 e. The zero-order valence-electron chi connectivity index (χ0n) is 5.58. The summed E-state index contributed by atoms with van der Waals surface area (Å²) in [6.45, 7) is 1.40. The van der Waals surface area contributed by atoms with Crippen LogP contribution in [0.15, 0.2) is 0 Å². The largest absolute Gasteiger partial charge is 0.293 e. The molecule has 0 aliphatic carbocycles. The van der Waals surface area contributed by atoms with Gasteiger partial charge < -0.3 is 0 Å². The second-order valence-electron chi connectivity index (χ2n) is 2.43. The van der Waals surface area contributed by atoms with E-state index in [1.165, 1.54) is 6.66 Å². The number of rotatable bonds is 0. The van der Waals surface area contributed by atoms with Gasteiger partial charge in [-0.1, -0.05) is 5.92 Å². The summed E-state index contributed by atoms with van der Waals surface area (Å²) in [5.41, 5.74) is 0. The van der Waals surface area contributed by atoms with Crippen LogP contribution in [0.25, 0.3) is 0 Å². The average molecular weight is 162 g/mol. The maximum Gasteiger partial charge on any atom is 0.219 e. The van der Waals surface area contributed by atoms with E-state index < -0.39 is 19.6 Å². The highest BCUT2D eigenvalue weighted by Crippen LogP contribution is 2.53. The van der Waals surface area contributed by atoms with Gasteiger partial charge in [0.25, 0.3) is 0 Å². The molecule has 1 rings (SSSR count). The van der Waals surface area contributed by atoms with Crippen molar-refractivity contribution in [3.63, 3.8) is 0 Å². The Bertz CT molecular complexity index is 220. The topological polar surface area (TPSA) is 26.3 Å². The Balaban J connectivity index is 2.73. The van der Waals surface area contributed by atoms with Gasteiger partial charge >= 0.3 is 0 Å². The van der Waals surface area contributed by atoms with Crippen molar-refractivity contribution in [3.8, 4) is 12.3 Å². The molecule has 0 N–H and O–H groups in total. The van der Waals surface area contributed by atoms with Crippen molar-refractivity contribution in [1.82, 2.24) is 0 Å². The Labute approximate surface area is 59.2 Å². The lowest BCUT2D eigenvalue weighted by atomic mass is 10.2. The summed E-state index contributed by atoms with van der Waals surface area (Å²) in [5.74, 6) is 1.58. The van der Waals surface area contributed by atoms with E-state index in [1.807, 2.05) is 0 Å². The Morgan fingerprint density at radius 3 is 2.70 bits per heavy atom. The molecule has 0 amide bonds. The molecule has 1 aliphatic heterocycles. The van der Waals surface area contributed by atoms with Gasteiger partial charge in [-0.15, -0.1) is 6.42 Å². The van der Waals surface area contributed by atoms with E-state index in [0.717, 1.165) is 0 Å². The molecule has 0 bridgehead atoms. The lowest BCUT2D eigenvalue weighted by molar-refractivity contribution is 0.0691. The highest BCUT2D eigenvalue weighted by molar-refractivity contribution is 7.58. The van der Waals surface area contributed by atoms with Crippen LogP contribution in [0.5, 0.6) is 0 Å². The highest BCUT2D eigenvalue weighted by atomic mass is 31.2. The summed E-state index contributed by atoms with van der Waals surface area (Å²) >= 11 is 0. The van der Waals surface area contributed by atoms with Gasteiger partial charge in [-0.05, 0) is 0 Å². The fourth-order valence-electron chi connectivity index (χ4n) is 0.898. The standard InChI is InChI=1S/C6H8FO2P/c1-3-5-4-10(2,8)9-6(5)7/h1,5-6H,4H2,2H3. The van der Waals surface area contributed by atoms with E-state index in [1.54, 1.807) is 0 Å². The average Bonchev–Trinajstić information content (AvgIpc) is 2.05. The van der Waals surface area contributed by atoms with Gasteiger partial charge in [-0.25, -0.2) is 4.39 Å². The number of hydrogen-bond acceptors (Lipinski definition) is 2. The Morgan fingerprint density at radius 2 is 2.50 bits per heavy atom. The van der Waals surface area contributed by atoms with Gasteiger partial charge in [0.05, 0.1) is 5.92 Å². The zero-order chi connectivity index (χ0) is 7.78. The molecular weight excluding hydrogens is 154 g/mol. The van der Waals surface area contributed by atoms with Gasteiger partial charge in [0.1, 0.15) is 0 Å². The highest BCUT2D eigenvalue weighted by Gasteiger charge is 2.38. The van der Waals surface area contributed by atoms with E-state index in [-0.39, 0.29) is 6.16 Å². The maximum absolute atomic E-state index is 12.5. The molecule has 1 fully saturated rings. The van der Waals surface area contributed by atoms with E-state index in [2.05, 4.69) is 10.4 Å². The second-order valence-corrected chi connectivity index (χ2v) is 5.03. The van der Waals surface area contributed by atoms with Crippen molar-refractivity contribution < 1.29 is 13.5 Å². The fraction of sp³-hybridized carbons (Fsp3) is 0.667. The van der Waals surface area contributed by atoms with Crippen LogP contribution >= 0.6 is 7.37 Å². The van der Waals surface area contributed by atoms with Crippen LogP contribution in [0, 0.1) is 18.3 Å². The smallest absolute Gasteiger partial charge is 0.219 e. The molecule has 0 spiro atoms. The van der Waals surface area contributed by atoms with E-state index in [0.29, 0.717) is 0 Å². The molecule has 0 aromatic rings. The zero-order valence-corrected chi connectivity index (χ0v) is 6.48. The molecule has 4 heteroatoms. The van der Waals surface area contributed by atoms with Crippen LogP contribution < -0.4 is 0 Å². The lowest BCUT2D eigenvalue weighted by Crippen LogP contribution is -2.08. The molecular formula is C6H8FO2P. The predicted octanol–water partition coefficient (Wildman–Crippen LogP) is 1.47. The van der Waals surface area contributed by atoms with Crippen molar-refractivity contribution in [2.75, 3.05) is 12.8 Å². The number of hydrogen-bond donors (Lipinski definition) is 0. The first-order valence-corrected chi connectivity index (χ1v) is 5.16. The molecule has 56 valence electrons. The second kappa shape index (κ2) is 2.38. The minimum atomic E-state index is -2.69. The first-order valence-electron chi connectivity index (χ1n) is 2.90. The van der Waals surface area contributed by atoms with Crippen LogP contribution in [-0.4, -0.2) is 19.2 Å². The number of alkyl halides is 1. The molecule has 1 aliphatic rings. The molecule has 0 aromatic heterocycles. The molecule has 0 radical (unpaired) electrons. The van der Waals surface area contributed by atoms with Crippen LogP contribution in [-0.2, 0) is 9.09 Å². The van der Waals surface area contributed by atoms with Crippen LogP contribution in [0.2, 0.25) is 0 Å². The summed E-state index contributed by atoms with van der Waals surface area (Å²) in [6.07, 6.45) is 3.60. The molecule has 10 heavy (non-hydrogen) atoms. The van der Waals surface area contributed by atoms with Gasteiger partial charge in [0.15, 0.2) is 0 Å². The Morgan fingerprint density at radius 1 is 1.90 bits per heavy atom. The maximum atomic E-state index is 12.5. The van der Waals surface area contributed by atoms with Crippen LogP contribution in [0.1, 0.15) is 0 Å². The van der Waals surface area contributed by atoms with Crippen LogP contribution in [0.3, 0.4) is 0 Å². The normalized spacial score (nSPS) is 46.9. The molecule has 1 heterocycles. The van der Waals surface area contributed by atoms with E-state index in [4.69, 9.17) is 6.42 Å². The fourth-order valence-corrected chi connectivity index (χ4v) is 2.54. The predicted molar refractivity (Wildman–Crippen MR) is 36.7 cm³/mol. The van der Waals surface area contributed by atoms with Crippen molar-refractivity contribution in [2.45, 2.75) is 6.36 Å². The minimum absolute atomic E-state index is 0.171. The van der Waals surface area contributed by atoms with Gasteiger partial charge in [-0.3, -0.25) is 9.09 Å². The third kappa shape index (κ3) is 1.39. The van der Waals surface area contributed by atoms with E-state index >= 15 is 0 Å². The third-order valence-corrected chi connectivity index (χ3v) is 3.09. The molecule has 0 saturated carbocycles. The van der Waals surface area contributed by atoms with Crippen molar-refractivity contribution in [1.29, 1.82) is 0 Å². The number of terminal acetylenes is 1. The van der Waals surface area contributed by atoms with Crippen molar-refractivity contribution >= 4 is 7.37 Å². The van der Waals surface area contributed by atoms with Gasteiger partial charge in [0, 0.05) is 12.8 Å². The first-order chi connectivity index (χ1) is 4.55. The Kier molecular flexibility index (Phi) is 1.85. The Hall–Kier alpha value is -0.320. The molecule has 3 unspecified atom stereocenters. The molecule has 2 nitrogen and oxygen atoms in total. The number of halogens is 1. The SMILES string of the molecule is C#CC1CP(C)(=O)OC1F. The van der Waals surface area contributed by atoms with Crippen LogP contribution in [0.4, 0.5) is 4.39 Å². The molecule has 3 atom stereocenters. The van der Waals surface area contributed by atoms with E-state index in [9.17, 15) is 8.96 Å². The monoisotopic (exact) mass is 162 g/mol. The quantitative estimate of drug-likeness (QED) is 0.398. The molecule has 0 aromatic carbocycles. The summed E-state index contributed by atoms with van der Waals surface area (Å²) in [5, 5.41) is 0. The first kappa shape index (κ1) is 7.78. The summed E-state index contributed by atoms with van der Waals surface area (Å²) < 4.78 is 28.1. The molecule has 1 saturated heterocycles. The van der Waals surface area contributed by atoms with Crippen molar-refractivity contribution in [3.05, 3.63) is 0 Å². The summed E-state index contributed by atoms with van der Waals surface area (Å²) in [4.78, 5) is 0. The third-order valence-electron chi connectivity index (χ3n) is 1.38. The summed E-state index contributed by atoms with van der Waals surface area (Å²) in [7, 11) is -2.69. The van der Waals surface area contributed by atoms with Crippen molar-refractivity contribution in [2.24, 2.45) is 5.92 Å². The van der Waals surface area contributed by atoms with Gasteiger partial charge in [-0.2, -0.15) is 0 Å². The summed E-state index contributed by atoms with van der Waals surface area (Å²) in [6, 6.07) is 0. The lowest BCUT2D eigenvalue weighted by Gasteiger charge is -2.00.